The fraction of sp³-hybridized carbons (Fsp3) is 0.375. The van der Waals surface area contributed by atoms with E-state index in [0.29, 0.717) is 5.13 Å². The normalized spacial score (nSPS) is 12.0. The van der Waals surface area contributed by atoms with Gasteiger partial charge in [0.05, 0.1) is 12.6 Å². The maximum atomic E-state index is 11.9. The van der Waals surface area contributed by atoms with Crippen molar-refractivity contribution >= 4 is 40.0 Å². The Morgan fingerprint density at radius 2 is 1.96 bits per heavy atom. The number of rotatable bonds is 8. The summed E-state index contributed by atoms with van der Waals surface area (Å²) in [5.41, 5.74) is 6.91. The number of nitrogens with zero attached hydrogens (tertiary/aromatic N) is 2. The van der Waals surface area contributed by atoms with Crippen molar-refractivity contribution in [3.63, 3.8) is 0 Å². The largest absolute Gasteiger partial charge is 0.346 e. The maximum absolute atomic E-state index is 11.9. The first kappa shape index (κ1) is 19.4. The number of hydrogen-bond donors (Lipinski definition) is 3. The average Bonchev–Trinajstić information content (AvgIpc) is 3.05. The Labute approximate surface area is 154 Å². The van der Waals surface area contributed by atoms with Gasteiger partial charge in [-0.2, -0.15) is 0 Å². The van der Waals surface area contributed by atoms with E-state index in [-0.39, 0.29) is 24.3 Å². The van der Waals surface area contributed by atoms with Gasteiger partial charge in [-0.1, -0.05) is 67.3 Å². The standard InChI is InChI=1S/C16H21N5O2S2/c1-10(2)13(17)14(23)18-8-12(22)19-15-20-21-16(25-15)24-9-11-6-4-3-5-7-11/h3-7,10,13H,8-9,17H2,1-2H3,(H,18,23)(H,19,20,22)/t13-/m0/s1. The van der Waals surface area contributed by atoms with Crippen LogP contribution in [0, 0.1) is 5.92 Å². The van der Waals surface area contributed by atoms with Crippen molar-refractivity contribution in [3.05, 3.63) is 35.9 Å². The molecule has 7 nitrogen and oxygen atoms in total. The topological polar surface area (TPSA) is 110 Å². The molecule has 0 saturated carbocycles. The highest BCUT2D eigenvalue weighted by molar-refractivity contribution is 8.00. The molecular weight excluding hydrogens is 358 g/mol. The molecule has 2 aromatic rings. The van der Waals surface area contributed by atoms with Gasteiger partial charge in [0.15, 0.2) is 4.34 Å². The molecule has 0 aliphatic rings. The molecule has 9 heteroatoms. The van der Waals surface area contributed by atoms with Crippen LogP contribution < -0.4 is 16.4 Å². The molecule has 1 aromatic heterocycles. The van der Waals surface area contributed by atoms with Gasteiger partial charge in [-0.15, -0.1) is 10.2 Å². The summed E-state index contributed by atoms with van der Waals surface area (Å²) in [6.45, 7) is 3.55. The Bertz CT molecular complexity index is 706. The SMILES string of the molecule is CC(C)[C@H](N)C(=O)NCC(=O)Nc1nnc(SCc2ccccc2)s1. The van der Waals surface area contributed by atoms with Crippen molar-refractivity contribution in [1.82, 2.24) is 15.5 Å². The molecule has 0 radical (unpaired) electrons. The van der Waals surface area contributed by atoms with E-state index in [1.165, 1.54) is 16.9 Å². The van der Waals surface area contributed by atoms with E-state index in [1.807, 2.05) is 44.2 Å². The molecule has 0 bridgehead atoms. The van der Waals surface area contributed by atoms with Gasteiger partial charge in [-0.25, -0.2) is 0 Å². The van der Waals surface area contributed by atoms with Crippen molar-refractivity contribution in [2.45, 2.75) is 30.0 Å². The van der Waals surface area contributed by atoms with Crippen LogP contribution in [0.15, 0.2) is 34.7 Å². The summed E-state index contributed by atoms with van der Waals surface area (Å²) in [6.07, 6.45) is 0. The number of nitrogens with one attached hydrogen (secondary N) is 2. The summed E-state index contributed by atoms with van der Waals surface area (Å²) in [4.78, 5) is 23.6. The van der Waals surface area contributed by atoms with Gasteiger partial charge in [0, 0.05) is 5.75 Å². The third kappa shape index (κ3) is 6.45. The molecule has 1 aromatic carbocycles. The zero-order valence-electron chi connectivity index (χ0n) is 14.1. The molecule has 0 aliphatic carbocycles. The average molecular weight is 380 g/mol. The highest BCUT2D eigenvalue weighted by atomic mass is 32.2. The number of benzene rings is 1. The predicted octanol–water partition coefficient (Wildman–Crippen LogP) is 1.87. The van der Waals surface area contributed by atoms with E-state index >= 15 is 0 Å². The second-order valence-corrected chi connectivity index (χ2v) is 7.88. The lowest BCUT2D eigenvalue weighted by Gasteiger charge is -2.14. The van der Waals surface area contributed by atoms with Crippen LogP contribution in [0.4, 0.5) is 5.13 Å². The molecule has 2 amide bonds. The van der Waals surface area contributed by atoms with Crippen molar-refractivity contribution in [1.29, 1.82) is 0 Å². The van der Waals surface area contributed by atoms with E-state index in [0.717, 1.165) is 10.1 Å². The Balaban J connectivity index is 1.76. The zero-order chi connectivity index (χ0) is 18.2. The first-order valence-corrected chi connectivity index (χ1v) is 9.59. The van der Waals surface area contributed by atoms with Crippen LogP contribution in [0.3, 0.4) is 0 Å². The summed E-state index contributed by atoms with van der Waals surface area (Å²) in [7, 11) is 0. The zero-order valence-corrected chi connectivity index (χ0v) is 15.7. The maximum Gasteiger partial charge on any atom is 0.245 e. The number of anilines is 1. The van der Waals surface area contributed by atoms with Crippen LogP contribution in [-0.2, 0) is 15.3 Å². The number of thioether (sulfide) groups is 1. The Morgan fingerprint density at radius 3 is 2.64 bits per heavy atom. The smallest absolute Gasteiger partial charge is 0.245 e. The second-order valence-electron chi connectivity index (χ2n) is 5.68. The molecule has 1 atom stereocenters. The summed E-state index contributed by atoms with van der Waals surface area (Å²) in [5.74, 6) is 0.0871. The quantitative estimate of drug-likeness (QED) is 0.477. The minimum Gasteiger partial charge on any atom is -0.346 e. The summed E-state index contributed by atoms with van der Waals surface area (Å²) >= 11 is 2.85. The fourth-order valence-corrected chi connectivity index (χ4v) is 3.51. The Morgan fingerprint density at radius 1 is 1.24 bits per heavy atom. The molecule has 2 rings (SSSR count). The Hall–Kier alpha value is -1.97. The lowest BCUT2D eigenvalue weighted by molar-refractivity contribution is -0.125. The second kappa shape index (κ2) is 9.50. The van der Waals surface area contributed by atoms with Crippen LogP contribution in [-0.4, -0.2) is 34.6 Å². The summed E-state index contributed by atoms with van der Waals surface area (Å²) < 4.78 is 0.769. The molecule has 25 heavy (non-hydrogen) atoms. The third-order valence-corrected chi connectivity index (χ3v) is 5.35. The van der Waals surface area contributed by atoms with Crippen molar-refractivity contribution in [2.75, 3.05) is 11.9 Å². The van der Waals surface area contributed by atoms with E-state index in [2.05, 4.69) is 20.8 Å². The number of hydrogen-bond acceptors (Lipinski definition) is 7. The van der Waals surface area contributed by atoms with Gasteiger partial charge < -0.3 is 11.1 Å². The first-order valence-electron chi connectivity index (χ1n) is 7.79. The fourth-order valence-electron chi connectivity index (χ4n) is 1.79. The van der Waals surface area contributed by atoms with Crippen molar-refractivity contribution in [2.24, 2.45) is 11.7 Å². The molecule has 4 N–H and O–H groups in total. The van der Waals surface area contributed by atoms with Crippen LogP contribution in [0.2, 0.25) is 0 Å². The molecule has 0 unspecified atom stereocenters. The minimum absolute atomic E-state index is 0.00965. The lowest BCUT2D eigenvalue weighted by Crippen LogP contribution is -2.46. The lowest BCUT2D eigenvalue weighted by atomic mass is 10.1. The number of aromatic nitrogens is 2. The molecule has 1 heterocycles. The van der Waals surface area contributed by atoms with E-state index in [9.17, 15) is 9.59 Å². The number of carbonyl (C=O) groups excluding carboxylic acids is 2. The molecule has 0 saturated heterocycles. The van der Waals surface area contributed by atoms with E-state index in [1.54, 1.807) is 11.8 Å². The highest BCUT2D eigenvalue weighted by Gasteiger charge is 2.18. The van der Waals surface area contributed by atoms with Crippen molar-refractivity contribution < 1.29 is 9.59 Å². The molecule has 0 spiro atoms. The van der Waals surface area contributed by atoms with E-state index < -0.39 is 6.04 Å². The van der Waals surface area contributed by atoms with Crippen LogP contribution in [0.25, 0.3) is 0 Å². The first-order chi connectivity index (χ1) is 12.0. The van der Waals surface area contributed by atoms with Gasteiger partial charge in [-0.05, 0) is 11.5 Å². The highest BCUT2D eigenvalue weighted by Crippen LogP contribution is 2.28. The van der Waals surface area contributed by atoms with Gasteiger partial charge >= 0.3 is 0 Å². The minimum atomic E-state index is -0.629. The van der Waals surface area contributed by atoms with Gasteiger partial charge in [0.1, 0.15) is 0 Å². The summed E-state index contributed by atoms with van der Waals surface area (Å²) in [5, 5.41) is 13.5. The third-order valence-electron chi connectivity index (χ3n) is 3.30. The van der Waals surface area contributed by atoms with Gasteiger partial charge in [0.25, 0.3) is 0 Å². The van der Waals surface area contributed by atoms with Crippen molar-refractivity contribution in [3.8, 4) is 0 Å². The van der Waals surface area contributed by atoms with E-state index in [4.69, 9.17) is 5.73 Å². The number of amides is 2. The van der Waals surface area contributed by atoms with Gasteiger partial charge in [0.2, 0.25) is 16.9 Å². The van der Waals surface area contributed by atoms with Crippen LogP contribution in [0.5, 0.6) is 0 Å². The summed E-state index contributed by atoms with van der Waals surface area (Å²) in [6, 6.07) is 9.40. The molecule has 0 fully saturated rings. The molecule has 0 aliphatic heterocycles. The van der Waals surface area contributed by atoms with Crippen LogP contribution in [0.1, 0.15) is 19.4 Å². The molecule has 134 valence electrons. The predicted molar refractivity (Wildman–Crippen MR) is 100 cm³/mol. The number of carbonyl (C=O) groups is 2. The Kier molecular flexibility index (Phi) is 7.35. The van der Waals surface area contributed by atoms with Gasteiger partial charge in [-0.3, -0.25) is 14.9 Å². The number of nitrogens with two attached hydrogens (primary N) is 1. The monoisotopic (exact) mass is 379 g/mol. The molecular formula is C16H21N5O2S2. The van der Waals surface area contributed by atoms with Crippen LogP contribution >= 0.6 is 23.1 Å².